The van der Waals surface area contributed by atoms with Gasteiger partial charge in [-0.05, 0) is 12.2 Å². The van der Waals surface area contributed by atoms with Crippen LogP contribution >= 0.6 is 12.2 Å². The highest BCUT2D eigenvalue weighted by Crippen LogP contribution is 2.47. The first-order chi connectivity index (χ1) is 18.1. The van der Waals surface area contributed by atoms with E-state index in [1.165, 1.54) is 72.8 Å². The van der Waals surface area contributed by atoms with Crippen LogP contribution in [0.5, 0.6) is 0 Å². The Hall–Kier alpha value is -3.73. The number of nitrogens with zero attached hydrogens (tertiary/aromatic N) is 1. The summed E-state index contributed by atoms with van der Waals surface area (Å²) in [6.07, 6.45) is -5.90. The Labute approximate surface area is 222 Å². The summed E-state index contributed by atoms with van der Waals surface area (Å²) in [4.78, 5) is 44.4. The molecule has 194 valence electrons. The Kier molecular flexibility index (Phi) is 7.59. The molecular weight excluding hydrogens is 510 g/mol. The first-order valence-corrected chi connectivity index (χ1v) is 11.9. The smallest absolute Gasteiger partial charge is 0.279 e. The van der Waals surface area contributed by atoms with Crippen LogP contribution in [0.1, 0.15) is 37.5 Å². The number of isothiocyanates is 1. The van der Waals surface area contributed by atoms with Crippen molar-refractivity contribution in [2.24, 2.45) is 4.99 Å². The summed E-state index contributed by atoms with van der Waals surface area (Å²) in [5, 5.41) is 48.3. The molecule has 1 aliphatic heterocycles. The van der Waals surface area contributed by atoms with Crippen LogP contribution in [0.25, 0.3) is 0 Å². The second-order valence-corrected chi connectivity index (χ2v) is 9.04. The highest BCUT2D eigenvalue weighted by molar-refractivity contribution is 7.78. The van der Waals surface area contributed by atoms with E-state index in [-0.39, 0.29) is 16.7 Å². The molecule has 1 saturated heterocycles. The molecule has 1 fully saturated rings. The summed E-state index contributed by atoms with van der Waals surface area (Å²) in [6.45, 7) is 0. The molecule has 5 atom stereocenters. The maximum Gasteiger partial charge on any atom is 0.279 e. The number of ketones is 3. The monoisotopic (exact) mass is 533 g/mol. The number of hydrogen-bond donors (Lipinski definition) is 4. The quantitative estimate of drug-likeness (QED) is 0.193. The minimum absolute atomic E-state index is 0.0246. The Morgan fingerprint density at radius 3 is 1.74 bits per heavy atom. The first kappa shape index (κ1) is 27.3. The van der Waals surface area contributed by atoms with Crippen molar-refractivity contribution in [1.29, 1.82) is 0 Å². The lowest BCUT2D eigenvalue weighted by Crippen LogP contribution is -2.78. The maximum atomic E-state index is 13.9. The van der Waals surface area contributed by atoms with Crippen LogP contribution in [0, 0.1) is 0 Å². The Morgan fingerprint density at radius 2 is 1.26 bits per heavy atom. The van der Waals surface area contributed by atoms with Crippen molar-refractivity contribution in [2.75, 3.05) is 0 Å². The predicted octanol–water partition coefficient (Wildman–Crippen LogP) is 2.00. The Balaban J connectivity index is 1.96. The third-order valence-electron chi connectivity index (χ3n) is 6.47. The summed E-state index contributed by atoms with van der Waals surface area (Å²) in [6, 6.07) is 21.8. The minimum Gasteiger partial charge on any atom is -0.382 e. The molecule has 4 rings (SSSR count). The molecule has 10 heteroatoms. The van der Waals surface area contributed by atoms with Gasteiger partial charge < -0.3 is 25.2 Å². The van der Waals surface area contributed by atoms with E-state index in [1.807, 2.05) is 5.16 Å². The van der Waals surface area contributed by atoms with Crippen molar-refractivity contribution in [3.8, 4) is 0 Å². The highest BCUT2D eigenvalue weighted by Gasteiger charge is 2.72. The largest absolute Gasteiger partial charge is 0.382 e. The van der Waals surface area contributed by atoms with Gasteiger partial charge in [-0.25, -0.2) is 0 Å². The van der Waals surface area contributed by atoms with Gasteiger partial charge in [0.05, 0.1) is 11.6 Å². The average Bonchev–Trinajstić information content (AvgIpc) is 2.94. The third kappa shape index (κ3) is 4.66. The van der Waals surface area contributed by atoms with Gasteiger partial charge >= 0.3 is 0 Å². The van der Waals surface area contributed by atoms with Crippen molar-refractivity contribution >= 4 is 34.7 Å². The normalized spacial score (nSPS) is 27.5. The second kappa shape index (κ2) is 10.6. The van der Waals surface area contributed by atoms with Gasteiger partial charge in [-0.15, -0.1) is 0 Å². The van der Waals surface area contributed by atoms with E-state index in [0.717, 1.165) is 0 Å². The molecule has 0 bridgehead atoms. The van der Waals surface area contributed by atoms with E-state index in [4.69, 9.17) is 4.74 Å². The van der Waals surface area contributed by atoms with Crippen LogP contribution in [0.15, 0.2) is 96.0 Å². The predicted molar refractivity (Wildman–Crippen MR) is 138 cm³/mol. The van der Waals surface area contributed by atoms with Crippen LogP contribution in [0.3, 0.4) is 0 Å². The lowest BCUT2D eigenvalue weighted by Gasteiger charge is -2.53. The highest BCUT2D eigenvalue weighted by atomic mass is 32.1. The standard InChI is InChI=1S/C28H23NO8S/c30-21(18-10-4-1-5-11-18)22(31)25-28(36,24(33)20-14-8-3-9-15-20)26(34,16-27(35,37-25)29-17-38)23(32)19-12-6-2-7-13-19/h1-15,22,25,31,34-36H,16H2/t22?,25-,26+,27?,28-/m1/s1. The van der Waals surface area contributed by atoms with Gasteiger partial charge in [0.25, 0.3) is 5.91 Å². The zero-order chi connectivity index (χ0) is 27.6. The molecule has 0 spiro atoms. The molecule has 0 aromatic heterocycles. The van der Waals surface area contributed by atoms with Crippen LogP contribution in [0.2, 0.25) is 0 Å². The van der Waals surface area contributed by atoms with E-state index in [1.54, 1.807) is 18.2 Å². The van der Waals surface area contributed by atoms with E-state index < -0.39 is 53.1 Å². The molecule has 0 saturated carbocycles. The van der Waals surface area contributed by atoms with Gasteiger partial charge in [-0.1, -0.05) is 91.0 Å². The number of benzene rings is 3. The van der Waals surface area contributed by atoms with Gasteiger partial charge in [0.2, 0.25) is 5.78 Å². The topological polar surface area (TPSA) is 154 Å². The molecule has 9 nitrogen and oxygen atoms in total. The number of thiocarbonyl (C=S) groups is 1. The van der Waals surface area contributed by atoms with Gasteiger partial charge in [-0.3, -0.25) is 14.4 Å². The van der Waals surface area contributed by atoms with Gasteiger partial charge in [0, 0.05) is 16.7 Å². The van der Waals surface area contributed by atoms with Crippen molar-refractivity contribution in [2.45, 2.75) is 35.7 Å². The lowest BCUT2D eigenvalue weighted by atomic mass is 9.64. The van der Waals surface area contributed by atoms with E-state index >= 15 is 0 Å². The molecule has 1 heterocycles. The molecule has 3 aromatic carbocycles. The molecular formula is C28H23NO8S. The van der Waals surface area contributed by atoms with Crippen molar-refractivity contribution in [3.63, 3.8) is 0 Å². The SMILES string of the molecule is O=C(c1ccccc1)C(O)[C@H]1OC(O)(N=C=S)C[C@](O)(C(=O)c2ccccc2)[C@@]1(O)C(=O)c1ccccc1. The lowest BCUT2D eigenvalue weighted by molar-refractivity contribution is -0.337. The molecule has 2 unspecified atom stereocenters. The average molecular weight is 534 g/mol. The molecule has 3 aromatic rings. The third-order valence-corrected chi connectivity index (χ3v) is 6.56. The number of aliphatic hydroxyl groups excluding tert-OH is 1. The minimum atomic E-state index is -3.28. The zero-order valence-electron chi connectivity index (χ0n) is 19.8. The van der Waals surface area contributed by atoms with Gasteiger partial charge in [0.1, 0.15) is 12.2 Å². The second-order valence-electron chi connectivity index (χ2n) is 8.85. The molecule has 38 heavy (non-hydrogen) atoms. The zero-order valence-corrected chi connectivity index (χ0v) is 20.6. The number of hydrogen-bond acceptors (Lipinski definition) is 10. The summed E-state index contributed by atoms with van der Waals surface area (Å²) in [5.41, 5.74) is -6.76. The molecule has 0 aliphatic carbocycles. The number of Topliss-reactive ketones (excluding diaryl/α,β-unsaturated/α-hetero) is 3. The van der Waals surface area contributed by atoms with Crippen LogP contribution in [-0.2, 0) is 4.74 Å². The fourth-order valence-electron chi connectivity index (χ4n) is 4.58. The Bertz CT molecular complexity index is 1400. The van der Waals surface area contributed by atoms with E-state index in [0.29, 0.717) is 0 Å². The molecule has 1 aliphatic rings. The summed E-state index contributed by atoms with van der Waals surface area (Å²) < 4.78 is 5.46. The van der Waals surface area contributed by atoms with Crippen molar-refractivity contribution < 1.29 is 39.5 Å². The fourth-order valence-corrected chi connectivity index (χ4v) is 4.73. The number of carbonyl (C=O) groups is 3. The number of aliphatic hydroxyl groups is 4. The van der Waals surface area contributed by atoms with E-state index in [2.05, 4.69) is 17.2 Å². The number of ether oxygens (including phenoxy) is 1. The summed E-state index contributed by atoms with van der Waals surface area (Å²) in [7, 11) is 0. The number of rotatable bonds is 8. The maximum absolute atomic E-state index is 13.9. The summed E-state index contributed by atoms with van der Waals surface area (Å²) in [5.74, 6) is -6.27. The van der Waals surface area contributed by atoms with Crippen LogP contribution < -0.4 is 0 Å². The van der Waals surface area contributed by atoms with Crippen molar-refractivity contribution in [3.05, 3.63) is 108 Å². The fraction of sp³-hybridized carbons (Fsp3) is 0.214. The van der Waals surface area contributed by atoms with Gasteiger partial charge in [-0.2, -0.15) is 4.99 Å². The van der Waals surface area contributed by atoms with Crippen LogP contribution in [-0.4, -0.2) is 72.3 Å². The van der Waals surface area contributed by atoms with E-state index in [9.17, 15) is 34.8 Å². The molecule has 0 radical (unpaired) electrons. The molecule has 0 amide bonds. The summed E-state index contributed by atoms with van der Waals surface area (Å²) >= 11 is 4.57. The Morgan fingerprint density at radius 1 is 0.816 bits per heavy atom. The number of carbonyl (C=O) groups excluding carboxylic acids is 3. The van der Waals surface area contributed by atoms with Crippen LogP contribution in [0.4, 0.5) is 0 Å². The number of aliphatic imine (C=N–C) groups is 1. The first-order valence-electron chi connectivity index (χ1n) is 11.5. The van der Waals surface area contributed by atoms with Gasteiger partial charge in [0.15, 0.2) is 22.8 Å². The molecule has 4 N–H and O–H groups in total. The van der Waals surface area contributed by atoms with Crippen molar-refractivity contribution in [1.82, 2.24) is 0 Å².